The molecule has 0 saturated heterocycles. The Bertz CT molecular complexity index is 738. The third kappa shape index (κ3) is 4.78. The molecule has 0 aliphatic carbocycles. The number of fused-ring (bicyclic) bond motifs is 1. The summed E-state index contributed by atoms with van der Waals surface area (Å²) in [5.74, 6) is -0.227. The number of halogens is 3. The first-order valence-electron chi connectivity index (χ1n) is 7.24. The molecule has 4 nitrogen and oxygen atoms in total. The number of rotatable bonds is 3. The van der Waals surface area contributed by atoms with Crippen molar-refractivity contribution in [1.29, 1.82) is 0 Å². The van der Waals surface area contributed by atoms with E-state index < -0.39 is 24.1 Å². The average Bonchev–Trinajstić information content (AvgIpc) is 2.78. The zero-order chi connectivity index (χ0) is 17.4. The normalized spacial score (nSPS) is 12.0. The number of nitrogens with zero attached hydrogens (tertiary/aromatic N) is 1. The SMILES string of the molecule is CCOc1ccc2c(ccn2C(=O)OC(C)(C)C)c1[B-](F)(F)F.[K+]. The summed E-state index contributed by atoms with van der Waals surface area (Å²) < 4.78 is 51.7. The Morgan fingerprint density at radius 2 is 1.83 bits per heavy atom. The van der Waals surface area contributed by atoms with E-state index in [4.69, 9.17) is 9.47 Å². The summed E-state index contributed by atoms with van der Waals surface area (Å²) in [5, 5.41) is -0.0747. The van der Waals surface area contributed by atoms with Gasteiger partial charge in [0.1, 0.15) is 5.60 Å². The average molecular weight is 367 g/mol. The van der Waals surface area contributed by atoms with E-state index in [9.17, 15) is 17.7 Å². The van der Waals surface area contributed by atoms with Gasteiger partial charge in [-0.15, -0.1) is 0 Å². The molecular weight excluding hydrogens is 349 g/mol. The van der Waals surface area contributed by atoms with Crippen molar-refractivity contribution >= 4 is 29.4 Å². The molecular formula is C15H18BF3KNO3. The molecule has 0 saturated carbocycles. The number of hydrogen-bond acceptors (Lipinski definition) is 3. The minimum atomic E-state index is -5.29. The Balaban J connectivity index is 0.00000288. The van der Waals surface area contributed by atoms with Gasteiger partial charge >= 0.3 is 64.5 Å². The van der Waals surface area contributed by atoms with Crippen LogP contribution in [-0.4, -0.2) is 29.8 Å². The van der Waals surface area contributed by atoms with E-state index in [1.54, 1.807) is 27.7 Å². The van der Waals surface area contributed by atoms with Crippen molar-refractivity contribution in [2.24, 2.45) is 0 Å². The number of aromatic nitrogens is 1. The number of carbonyl (C=O) groups excluding carboxylic acids is 1. The number of benzene rings is 1. The van der Waals surface area contributed by atoms with Gasteiger partial charge in [0.25, 0.3) is 0 Å². The molecule has 0 spiro atoms. The monoisotopic (exact) mass is 367 g/mol. The molecule has 1 heterocycles. The molecule has 0 fully saturated rings. The van der Waals surface area contributed by atoms with Crippen molar-refractivity contribution in [1.82, 2.24) is 4.57 Å². The van der Waals surface area contributed by atoms with Crippen molar-refractivity contribution in [3.63, 3.8) is 0 Å². The maximum absolute atomic E-state index is 13.4. The van der Waals surface area contributed by atoms with Crippen LogP contribution < -0.4 is 61.6 Å². The largest absolute Gasteiger partial charge is 1.00 e. The molecule has 2 rings (SSSR count). The van der Waals surface area contributed by atoms with Gasteiger partial charge in [0.15, 0.2) is 0 Å². The van der Waals surface area contributed by atoms with Crippen LogP contribution in [-0.2, 0) is 4.74 Å². The molecule has 1 aromatic carbocycles. The molecule has 1 aromatic heterocycles. The fourth-order valence-electron chi connectivity index (χ4n) is 2.31. The quantitative estimate of drug-likeness (QED) is 0.757. The molecule has 0 aliphatic rings. The Hall–Kier alpha value is -0.479. The molecule has 2 aromatic rings. The predicted molar refractivity (Wildman–Crippen MR) is 83.5 cm³/mol. The maximum atomic E-state index is 13.4. The minimum Gasteiger partial charge on any atom is -0.497 e. The van der Waals surface area contributed by atoms with Gasteiger partial charge < -0.3 is 22.4 Å². The first-order valence-corrected chi connectivity index (χ1v) is 7.24. The van der Waals surface area contributed by atoms with E-state index in [0.29, 0.717) is 0 Å². The van der Waals surface area contributed by atoms with Crippen LogP contribution >= 0.6 is 0 Å². The fraction of sp³-hybridized carbons (Fsp3) is 0.400. The van der Waals surface area contributed by atoms with Crippen molar-refractivity contribution in [3.8, 4) is 5.75 Å². The van der Waals surface area contributed by atoms with E-state index in [1.807, 2.05) is 0 Å². The summed E-state index contributed by atoms with van der Waals surface area (Å²) in [7, 11) is 0. The molecule has 0 unspecified atom stereocenters. The third-order valence-electron chi connectivity index (χ3n) is 3.09. The second kappa shape index (κ2) is 7.82. The van der Waals surface area contributed by atoms with Crippen LogP contribution in [0, 0.1) is 0 Å². The van der Waals surface area contributed by atoms with Crippen molar-refractivity contribution < 1.29 is 78.6 Å². The van der Waals surface area contributed by atoms with E-state index >= 15 is 0 Å². The van der Waals surface area contributed by atoms with Crippen LogP contribution in [0.1, 0.15) is 27.7 Å². The van der Waals surface area contributed by atoms with Crippen LogP contribution in [0.25, 0.3) is 10.9 Å². The van der Waals surface area contributed by atoms with Gasteiger partial charge in [-0.25, -0.2) is 4.79 Å². The van der Waals surface area contributed by atoms with Crippen molar-refractivity contribution in [2.75, 3.05) is 6.61 Å². The van der Waals surface area contributed by atoms with E-state index in [2.05, 4.69) is 0 Å². The van der Waals surface area contributed by atoms with Crippen LogP contribution in [0.15, 0.2) is 24.4 Å². The van der Waals surface area contributed by atoms with Gasteiger partial charge in [-0.3, -0.25) is 4.57 Å². The van der Waals surface area contributed by atoms with E-state index in [-0.39, 0.29) is 74.6 Å². The summed E-state index contributed by atoms with van der Waals surface area (Å²) in [6.07, 6.45) is 0.553. The number of ether oxygens (including phenoxy) is 2. The summed E-state index contributed by atoms with van der Waals surface area (Å²) in [5.41, 5.74) is -1.43. The van der Waals surface area contributed by atoms with E-state index in [1.165, 1.54) is 24.4 Å². The molecule has 0 N–H and O–H groups in total. The standard InChI is InChI=1S/C15H18BF3NO3.K/c1-5-22-12-7-6-11-10(13(12)16(17,18)19)8-9-20(11)14(21)23-15(2,3)4;/h6-9H,5H2,1-4H3;/q-1;+1. The Kier molecular flexibility index (Phi) is 7.03. The van der Waals surface area contributed by atoms with Gasteiger partial charge in [-0.1, -0.05) is 5.46 Å². The maximum Gasteiger partial charge on any atom is 1.00 e. The summed E-state index contributed by atoms with van der Waals surface area (Å²) in [4.78, 5) is 12.1. The summed E-state index contributed by atoms with van der Waals surface area (Å²) in [6.45, 7) is 1.51. The Morgan fingerprint density at radius 3 is 2.33 bits per heavy atom. The number of hydrogen-bond donors (Lipinski definition) is 0. The molecule has 0 aliphatic heterocycles. The van der Waals surface area contributed by atoms with E-state index in [0.717, 1.165) is 4.57 Å². The predicted octanol–water partition coefficient (Wildman–Crippen LogP) is 0.882. The first kappa shape index (κ1) is 21.6. The van der Waals surface area contributed by atoms with Gasteiger partial charge in [-0.05, 0) is 51.3 Å². The van der Waals surface area contributed by atoms with Crippen molar-refractivity contribution in [3.05, 3.63) is 24.4 Å². The van der Waals surface area contributed by atoms with Crippen LogP contribution in [0.4, 0.5) is 17.7 Å². The second-order valence-corrected chi connectivity index (χ2v) is 6.08. The molecule has 24 heavy (non-hydrogen) atoms. The Morgan fingerprint density at radius 1 is 1.21 bits per heavy atom. The van der Waals surface area contributed by atoms with Gasteiger partial charge in [0, 0.05) is 6.20 Å². The van der Waals surface area contributed by atoms with Gasteiger partial charge in [0.05, 0.1) is 17.9 Å². The zero-order valence-corrected chi connectivity index (χ0v) is 17.5. The topological polar surface area (TPSA) is 40.5 Å². The zero-order valence-electron chi connectivity index (χ0n) is 14.4. The smallest absolute Gasteiger partial charge is 0.497 e. The summed E-state index contributed by atoms with van der Waals surface area (Å²) >= 11 is 0. The fourth-order valence-corrected chi connectivity index (χ4v) is 2.31. The summed E-state index contributed by atoms with van der Waals surface area (Å²) in [6, 6.07) is 3.92. The molecule has 0 atom stereocenters. The number of carbonyl (C=O) groups is 1. The molecule has 0 amide bonds. The molecule has 9 heteroatoms. The minimum absolute atomic E-state index is 0. The van der Waals surface area contributed by atoms with Crippen LogP contribution in [0.2, 0.25) is 0 Å². The van der Waals surface area contributed by atoms with Gasteiger partial charge in [0.2, 0.25) is 0 Å². The molecule has 0 bridgehead atoms. The molecule has 0 radical (unpaired) electrons. The van der Waals surface area contributed by atoms with Crippen LogP contribution in [0.3, 0.4) is 0 Å². The van der Waals surface area contributed by atoms with Gasteiger partial charge in [-0.2, -0.15) is 0 Å². The Labute approximate surface area is 181 Å². The molecule has 126 valence electrons. The second-order valence-electron chi connectivity index (χ2n) is 6.08. The van der Waals surface area contributed by atoms with Crippen LogP contribution in [0.5, 0.6) is 5.75 Å². The first-order chi connectivity index (χ1) is 10.5. The van der Waals surface area contributed by atoms with Crippen molar-refractivity contribution in [2.45, 2.75) is 33.3 Å². The third-order valence-corrected chi connectivity index (χ3v) is 3.09.